The molecule has 0 atom stereocenters. The highest BCUT2D eigenvalue weighted by molar-refractivity contribution is 5.90. The second-order valence-electron chi connectivity index (χ2n) is 6.70. The Morgan fingerprint density at radius 3 is 2.56 bits per heavy atom. The number of nitro groups is 1. The Kier molecular flexibility index (Phi) is 4.33. The van der Waals surface area contributed by atoms with Crippen LogP contribution < -0.4 is 10.6 Å². The Morgan fingerprint density at radius 1 is 1.07 bits per heavy atom. The molecule has 2 N–H and O–H groups in total. The van der Waals surface area contributed by atoms with E-state index in [0.717, 1.165) is 42.8 Å². The van der Waals surface area contributed by atoms with E-state index in [4.69, 9.17) is 5.73 Å². The first kappa shape index (κ1) is 17.2. The van der Waals surface area contributed by atoms with E-state index in [2.05, 4.69) is 26.8 Å². The number of para-hydroxylation sites is 1. The molecular weight excluding hydrogens is 344 g/mol. The largest absolute Gasteiger partial charge is 0.383 e. The van der Waals surface area contributed by atoms with Crippen molar-refractivity contribution < 1.29 is 4.92 Å². The van der Waals surface area contributed by atoms with E-state index in [1.54, 1.807) is 6.07 Å². The second kappa shape index (κ2) is 6.81. The van der Waals surface area contributed by atoms with E-state index >= 15 is 0 Å². The SMILES string of the molecule is CN1CCN(c2ccc([N+](=O)[O-])cc2-c2nc(N)c3ccccc3n2)CC1. The van der Waals surface area contributed by atoms with Gasteiger partial charge in [-0.3, -0.25) is 10.1 Å². The highest BCUT2D eigenvalue weighted by Crippen LogP contribution is 2.34. The first-order valence-corrected chi connectivity index (χ1v) is 8.77. The zero-order valence-corrected chi connectivity index (χ0v) is 15.0. The number of nitrogens with two attached hydrogens (primary N) is 1. The highest BCUT2D eigenvalue weighted by Gasteiger charge is 2.22. The fourth-order valence-electron chi connectivity index (χ4n) is 3.36. The molecule has 0 amide bonds. The summed E-state index contributed by atoms with van der Waals surface area (Å²) in [6.45, 7) is 3.53. The predicted molar refractivity (Wildman–Crippen MR) is 106 cm³/mol. The van der Waals surface area contributed by atoms with Gasteiger partial charge in [0.05, 0.1) is 10.4 Å². The van der Waals surface area contributed by atoms with Gasteiger partial charge < -0.3 is 15.5 Å². The summed E-state index contributed by atoms with van der Waals surface area (Å²) in [5.74, 6) is 0.773. The number of nitrogen functional groups attached to an aromatic ring is 1. The number of hydrogen-bond donors (Lipinski definition) is 1. The molecule has 4 rings (SSSR count). The number of aromatic nitrogens is 2. The van der Waals surface area contributed by atoms with Crippen LogP contribution in [0.25, 0.3) is 22.3 Å². The van der Waals surface area contributed by atoms with Crippen LogP contribution in [0.15, 0.2) is 42.5 Å². The van der Waals surface area contributed by atoms with E-state index in [1.807, 2.05) is 24.3 Å². The van der Waals surface area contributed by atoms with Crippen molar-refractivity contribution in [1.82, 2.24) is 14.9 Å². The summed E-state index contributed by atoms with van der Waals surface area (Å²) in [4.78, 5) is 24.5. The maximum absolute atomic E-state index is 11.3. The minimum atomic E-state index is -0.401. The zero-order valence-electron chi connectivity index (χ0n) is 15.0. The Labute approximate surface area is 156 Å². The second-order valence-corrected chi connectivity index (χ2v) is 6.70. The molecule has 2 aromatic carbocycles. The van der Waals surface area contributed by atoms with Gasteiger partial charge >= 0.3 is 0 Å². The number of piperazine rings is 1. The number of benzene rings is 2. The van der Waals surface area contributed by atoms with E-state index in [-0.39, 0.29) is 5.69 Å². The first-order valence-electron chi connectivity index (χ1n) is 8.77. The van der Waals surface area contributed by atoms with Crippen molar-refractivity contribution in [3.8, 4) is 11.4 Å². The van der Waals surface area contributed by atoms with Crippen LogP contribution in [0.2, 0.25) is 0 Å². The van der Waals surface area contributed by atoms with Crippen LogP contribution in [-0.2, 0) is 0 Å². The lowest BCUT2D eigenvalue weighted by atomic mass is 10.1. The molecule has 138 valence electrons. The zero-order chi connectivity index (χ0) is 19.0. The summed E-state index contributed by atoms with van der Waals surface area (Å²) in [7, 11) is 2.08. The molecule has 0 spiro atoms. The monoisotopic (exact) mass is 364 g/mol. The van der Waals surface area contributed by atoms with Gasteiger partial charge in [-0.2, -0.15) is 0 Å². The summed E-state index contributed by atoms with van der Waals surface area (Å²) >= 11 is 0. The fraction of sp³-hybridized carbons (Fsp3) is 0.263. The number of rotatable bonds is 3. The molecular formula is C19H20N6O2. The van der Waals surface area contributed by atoms with Gasteiger partial charge in [0, 0.05) is 54.9 Å². The van der Waals surface area contributed by atoms with Gasteiger partial charge in [-0.05, 0) is 25.2 Å². The van der Waals surface area contributed by atoms with Gasteiger partial charge in [-0.15, -0.1) is 0 Å². The number of fused-ring (bicyclic) bond motifs is 1. The maximum atomic E-state index is 11.3. The number of nitrogens with zero attached hydrogens (tertiary/aromatic N) is 5. The van der Waals surface area contributed by atoms with Crippen molar-refractivity contribution >= 4 is 28.1 Å². The minimum Gasteiger partial charge on any atom is -0.383 e. The lowest BCUT2D eigenvalue weighted by Gasteiger charge is -2.35. The normalized spacial score (nSPS) is 15.2. The minimum absolute atomic E-state index is 0.0122. The van der Waals surface area contributed by atoms with E-state index in [9.17, 15) is 10.1 Å². The standard InChI is InChI=1S/C19H20N6O2/c1-23-8-10-24(11-9-23)17-7-6-13(25(26)27)12-15(17)19-21-16-5-3-2-4-14(16)18(20)22-19/h2-7,12H,8-11H2,1H3,(H2,20,21,22). The van der Waals surface area contributed by atoms with Crippen LogP contribution in [-0.4, -0.2) is 53.0 Å². The number of hydrogen-bond acceptors (Lipinski definition) is 7. The molecule has 1 aromatic heterocycles. The molecule has 1 aliphatic heterocycles. The van der Waals surface area contributed by atoms with Crippen LogP contribution >= 0.6 is 0 Å². The molecule has 2 heterocycles. The van der Waals surface area contributed by atoms with E-state index in [0.29, 0.717) is 17.2 Å². The average Bonchev–Trinajstić information content (AvgIpc) is 2.68. The topological polar surface area (TPSA) is 101 Å². The van der Waals surface area contributed by atoms with Gasteiger partial charge in [0.2, 0.25) is 0 Å². The van der Waals surface area contributed by atoms with Crippen molar-refractivity contribution in [3.05, 3.63) is 52.6 Å². The van der Waals surface area contributed by atoms with Crippen molar-refractivity contribution in [2.45, 2.75) is 0 Å². The maximum Gasteiger partial charge on any atom is 0.270 e. The van der Waals surface area contributed by atoms with Crippen LogP contribution in [0.5, 0.6) is 0 Å². The number of non-ortho nitro benzene ring substituents is 1. The Balaban J connectivity index is 1.87. The van der Waals surface area contributed by atoms with Crippen LogP contribution in [0.1, 0.15) is 0 Å². The van der Waals surface area contributed by atoms with Crippen LogP contribution in [0.3, 0.4) is 0 Å². The average molecular weight is 364 g/mol. The predicted octanol–water partition coefficient (Wildman–Crippen LogP) is 2.54. The van der Waals surface area contributed by atoms with Crippen LogP contribution in [0.4, 0.5) is 17.2 Å². The van der Waals surface area contributed by atoms with Crippen molar-refractivity contribution in [2.24, 2.45) is 0 Å². The molecule has 27 heavy (non-hydrogen) atoms. The van der Waals surface area contributed by atoms with Crippen molar-refractivity contribution in [1.29, 1.82) is 0 Å². The summed E-state index contributed by atoms with van der Waals surface area (Å²) in [6, 6.07) is 12.3. The van der Waals surface area contributed by atoms with Gasteiger partial charge in [-0.25, -0.2) is 9.97 Å². The lowest BCUT2D eigenvalue weighted by Crippen LogP contribution is -2.44. The molecule has 0 bridgehead atoms. The molecule has 8 nitrogen and oxygen atoms in total. The smallest absolute Gasteiger partial charge is 0.270 e. The molecule has 8 heteroatoms. The Bertz CT molecular complexity index is 1010. The van der Waals surface area contributed by atoms with Crippen molar-refractivity contribution in [2.75, 3.05) is 43.9 Å². The molecule has 0 radical (unpaired) electrons. The van der Waals surface area contributed by atoms with Crippen molar-refractivity contribution in [3.63, 3.8) is 0 Å². The molecule has 0 unspecified atom stereocenters. The summed E-state index contributed by atoms with van der Waals surface area (Å²) in [5.41, 5.74) is 8.39. The van der Waals surface area contributed by atoms with Gasteiger partial charge in [-0.1, -0.05) is 12.1 Å². The first-order chi connectivity index (χ1) is 13.0. The fourth-order valence-corrected chi connectivity index (χ4v) is 3.36. The molecule has 1 aliphatic rings. The highest BCUT2D eigenvalue weighted by atomic mass is 16.6. The lowest BCUT2D eigenvalue weighted by molar-refractivity contribution is -0.384. The number of nitro benzene ring substituents is 1. The van der Waals surface area contributed by atoms with Gasteiger partial charge in [0.15, 0.2) is 5.82 Å². The molecule has 3 aromatic rings. The third kappa shape index (κ3) is 3.26. The van der Waals surface area contributed by atoms with Gasteiger partial charge in [0.1, 0.15) is 5.82 Å². The molecule has 0 aliphatic carbocycles. The van der Waals surface area contributed by atoms with E-state index in [1.165, 1.54) is 12.1 Å². The summed E-state index contributed by atoms with van der Waals surface area (Å²) in [5, 5.41) is 12.1. The van der Waals surface area contributed by atoms with E-state index < -0.39 is 4.92 Å². The Morgan fingerprint density at radius 2 is 1.81 bits per heavy atom. The number of likely N-dealkylation sites (N-methyl/N-ethyl adjacent to an activating group) is 1. The van der Waals surface area contributed by atoms with Gasteiger partial charge in [0.25, 0.3) is 5.69 Å². The summed E-state index contributed by atoms with van der Waals surface area (Å²) in [6.07, 6.45) is 0. The van der Waals surface area contributed by atoms with Crippen LogP contribution in [0, 0.1) is 10.1 Å². The molecule has 1 fully saturated rings. The Hall–Kier alpha value is -3.26. The molecule has 0 saturated carbocycles. The third-order valence-corrected chi connectivity index (χ3v) is 4.91. The molecule has 1 saturated heterocycles. The quantitative estimate of drug-likeness (QED) is 0.563. The summed E-state index contributed by atoms with van der Waals surface area (Å²) < 4.78 is 0. The number of anilines is 2. The third-order valence-electron chi connectivity index (χ3n) is 4.91.